The smallest absolute Gasteiger partial charge is 0.226 e. The van der Waals surface area contributed by atoms with E-state index in [9.17, 15) is 10.2 Å². The molecule has 3 aromatic heterocycles. The Morgan fingerprint density at radius 2 is 1.87 bits per heavy atom. The third-order valence-corrected chi connectivity index (χ3v) is 7.64. The van der Waals surface area contributed by atoms with Crippen LogP contribution >= 0.6 is 0 Å². The molecular formula is C26H40N8O4. The summed E-state index contributed by atoms with van der Waals surface area (Å²) in [7, 11) is 0. The SMILES string of the molecule is CCc1cc([C@H]2O[C@@H](n3cnc4c(NC(CC)CC)nc(NCCN5CCCCC5)nc43)[C@H](O)[C@@H]2O)on1. The Balaban J connectivity index is 1.42. The molecule has 0 aromatic carbocycles. The number of aliphatic hydroxyl groups excluding tert-OH is 2. The minimum absolute atomic E-state index is 0.234. The number of piperidine rings is 1. The van der Waals surface area contributed by atoms with Crippen LogP contribution in [0.5, 0.6) is 0 Å². The predicted molar refractivity (Wildman–Crippen MR) is 143 cm³/mol. The van der Waals surface area contributed by atoms with Crippen LogP contribution < -0.4 is 10.6 Å². The second kappa shape index (κ2) is 11.9. The number of ether oxygens (including phenoxy) is 1. The van der Waals surface area contributed by atoms with Gasteiger partial charge in [0.05, 0.1) is 12.0 Å². The minimum atomic E-state index is -1.21. The fourth-order valence-corrected chi connectivity index (χ4v) is 5.23. The summed E-state index contributed by atoms with van der Waals surface area (Å²) in [6.07, 6.45) is 3.78. The van der Waals surface area contributed by atoms with Gasteiger partial charge in [0.25, 0.3) is 0 Å². The molecule has 12 heteroatoms. The fraction of sp³-hybridized carbons (Fsp3) is 0.692. The van der Waals surface area contributed by atoms with Gasteiger partial charge in [0.1, 0.15) is 18.3 Å². The van der Waals surface area contributed by atoms with Gasteiger partial charge in [-0.05, 0) is 45.2 Å². The average molecular weight is 529 g/mol. The first-order valence-corrected chi connectivity index (χ1v) is 14.0. The van der Waals surface area contributed by atoms with Crippen molar-refractivity contribution in [2.75, 3.05) is 36.8 Å². The van der Waals surface area contributed by atoms with Gasteiger partial charge in [-0.2, -0.15) is 9.97 Å². The maximum absolute atomic E-state index is 11.0. The van der Waals surface area contributed by atoms with Crippen molar-refractivity contribution in [1.82, 2.24) is 29.6 Å². The zero-order valence-electron chi connectivity index (χ0n) is 22.5. The van der Waals surface area contributed by atoms with E-state index in [-0.39, 0.29) is 6.04 Å². The summed E-state index contributed by atoms with van der Waals surface area (Å²) in [6.45, 7) is 10.1. The van der Waals surface area contributed by atoms with Gasteiger partial charge in [-0.3, -0.25) is 4.57 Å². The monoisotopic (exact) mass is 528 g/mol. The van der Waals surface area contributed by atoms with E-state index in [1.807, 2.05) is 6.92 Å². The number of likely N-dealkylation sites (tertiary alicyclic amines) is 1. The fourth-order valence-electron chi connectivity index (χ4n) is 5.23. The highest BCUT2D eigenvalue weighted by Gasteiger charge is 2.47. The summed E-state index contributed by atoms with van der Waals surface area (Å²) in [4.78, 5) is 16.6. The number of anilines is 2. The van der Waals surface area contributed by atoms with Crippen molar-refractivity contribution < 1.29 is 19.5 Å². The summed E-state index contributed by atoms with van der Waals surface area (Å²) in [5.41, 5.74) is 1.85. The van der Waals surface area contributed by atoms with E-state index < -0.39 is 24.5 Å². The molecule has 0 saturated carbocycles. The molecule has 5 heterocycles. The number of imidazole rings is 1. The predicted octanol–water partition coefficient (Wildman–Crippen LogP) is 2.87. The Labute approximate surface area is 222 Å². The normalized spacial score (nSPS) is 24.5. The molecule has 0 bridgehead atoms. The number of aryl methyl sites for hydroxylation is 1. The van der Waals surface area contributed by atoms with Crippen molar-refractivity contribution in [3.05, 3.63) is 23.8 Å². The Morgan fingerprint density at radius 3 is 2.58 bits per heavy atom. The lowest BCUT2D eigenvalue weighted by Crippen LogP contribution is -2.34. The summed E-state index contributed by atoms with van der Waals surface area (Å²) in [5.74, 6) is 1.50. The van der Waals surface area contributed by atoms with Gasteiger partial charge in [0, 0.05) is 25.2 Å². The Morgan fingerprint density at radius 1 is 1.08 bits per heavy atom. The molecule has 2 aliphatic heterocycles. The van der Waals surface area contributed by atoms with Gasteiger partial charge in [0.2, 0.25) is 5.95 Å². The molecule has 2 saturated heterocycles. The molecule has 0 radical (unpaired) electrons. The quantitative estimate of drug-likeness (QED) is 0.291. The maximum atomic E-state index is 11.0. The first kappa shape index (κ1) is 26.8. The number of hydrogen-bond acceptors (Lipinski definition) is 11. The van der Waals surface area contributed by atoms with Gasteiger partial charge in [-0.15, -0.1) is 0 Å². The molecule has 2 fully saturated rings. The number of aliphatic hydroxyl groups is 2. The van der Waals surface area contributed by atoms with Crippen LogP contribution in [-0.2, 0) is 11.2 Å². The lowest BCUT2D eigenvalue weighted by molar-refractivity contribution is -0.0434. The summed E-state index contributed by atoms with van der Waals surface area (Å²) >= 11 is 0. The Kier molecular flexibility index (Phi) is 8.42. The van der Waals surface area contributed by atoms with Gasteiger partial charge >= 0.3 is 0 Å². The van der Waals surface area contributed by atoms with E-state index >= 15 is 0 Å². The van der Waals surface area contributed by atoms with Crippen LogP contribution in [0.3, 0.4) is 0 Å². The molecule has 4 N–H and O–H groups in total. The molecule has 38 heavy (non-hydrogen) atoms. The minimum Gasteiger partial charge on any atom is -0.387 e. The lowest BCUT2D eigenvalue weighted by Gasteiger charge is -2.26. The van der Waals surface area contributed by atoms with Crippen LogP contribution in [0.2, 0.25) is 0 Å². The van der Waals surface area contributed by atoms with Crippen LogP contribution in [0, 0.1) is 0 Å². The van der Waals surface area contributed by atoms with Gasteiger partial charge < -0.3 is 35.0 Å². The highest BCUT2D eigenvalue weighted by Crippen LogP contribution is 2.40. The van der Waals surface area contributed by atoms with Crippen LogP contribution in [0.4, 0.5) is 11.8 Å². The number of hydrogen-bond donors (Lipinski definition) is 4. The molecule has 0 spiro atoms. The number of nitrogens with zero attached hydrogens (tertiary/aromatic N) is 6. The number of aromatic nitrogens is 5. The zero-order chi connectivity index (χ0) is 26.6. The number of rotatable bonds is 11. The van der Waals surface area contributed by atoms with E-state index in [2.05, 4.69) is 39.5 Å². The third kappa shape index (κ3) is 5.49. The molecule has 208 valence electrons. The van der Waals surface area contributed by atoms with Gasteiger partial charge in [-0.25, -0.2) is 4.98 Å². The zero-order valence-corrected chi connectivity index (χ0v) is 22.5. The topological polar surface area (TPSA) is 147 Å². The standard InChI is InChI=1S/C26H40N8O4/c1-4-16(5-2)29-23-19-24(31-26(30-23)27-10-13-33-11-8-7-9-12-33)34(15-28-19)25-21(36)20(35)22(37-25)18-14-17(6-3)32-38-18/h14-16,20-22,25,35-36H,4-13H2,1-3H3,(H2,27,29,30,31)/t20-,21+,22+,25+/m0/s1. The van der Waals surface area contributed by atoms with Crippen molar-refractivity contribution >= 4 is 22.9 Å². The summed E-state index contributed by atoms with van der Waals surface area (Å²) in [6, 6.07) is 1.98. The summed E-state index contributed by atoms with van der Waals surface area (Å²) in [5, 5.41) is 32.7. The van der Waals surface area contributed by atoms with Crippen molar-refractivity contribution in [3.8, 4) is 0 Å². The molecule has 2 aliphatic rings. The number of fused-ring (bicyclic) bond motifs is 1. The first-order valence-electron chi connectivity index (χ1n) is 14.0. The van der Waals surface area contributed by atoms with Crippen molar-refractivity contribution in [2.24, 2.45) is 0 Å². The van der Waals surface area contributed by atoms with Crippen LogP contribution in [0.25, 0.3) is 11.2 Å². The van der Waals surface area contributed by atoms with Crippen LogP contribution in [0.15, 0.2) is 16.9 Å². The highest BCUT2D eigenvalue weighted by atomic mass is 16.6. The van der Waals surface area contributed by atoms with E-state index in [0.717, 1.165) is 44.7 Å². The molecule has 0 aliphatic carbocycles. The van der Waals surface area contributed by atoms with Gasteiger partial charge in [0.15, 0.2) is 29.0 Å². The largest absolute Gasteiger partial charge is 0.387 e. The van der Waals surface area contributed by atoms with Crippen LogP contribution in [-0.4, -0.2) is 84.2 Å². The third-order valence-electron chi connectivity index (χ3n) is 7.64. The van der Waals surface area contributed by atoms with Crippen molar-refractivity contribution in [2.45, 2.75) is 89.9 Å². The molecule has 12 nitrogen and oxygen atoms in total. The van der Waals surface area contributed by atoms with Crippen LogP contribution in [0.1, 0.15) is 76.7 Å². The molecule has 0 unspecified atom stereocenters. The maximum Gasteiger partial charge on any atom is 0.226 e. The Hall–Kier alpha value is -2.80. The highest BCUT2D eigenvalue weighted by molar-refractivity contribution is 5.84. The van der Waals surface area contributed by atoms with Crippen molar-refractivity contribution in [3.63, 3.8) is 0 Å². The second-order valence-corrected chi connectivity index (χ2v) is 10.2. The van der Waals surface area contributed by atoms with Crippen molar-refractivity contribution in [1.29, 1.82) is 0 Å². The van der Waals surface area contributed by atoms with E-state index in [1.165, 1.54) is 19.3 Å². The molecule has 4 atom stereocenters. The van der Waals surface area contributed by atoms with E-state index in [1.54, 1.807) is 17.0 Å². The molecule has 3 aromatic rings. The van der Waals surface area contributed by atoms with E-state index in [0.29, 0.717) is 35.1 Å². The van der Waals surface area contributed by atoms with Gasteiger partial charge in [-0.1, -0.05) is 32.3 Å². The average Bonchev–Trinajstić information content (AvgIpc) is 3.66. The first-order chi connectivity index (χ1) is 18.5. The molecule has 5 rings (SSSR count). The van der Waals surface area contributed by atoms with E-state index in [4.69, 9.17) is 19.2 Å². The number of nitrogens with one attached hydrogen (secondary N) is 2. The summed E-state index contributed by atoms with van der Waals surface area (Å²) < 4.78 is 13.2. The lowest BCUT2D eigenvalue weighted by atomic mass is 10.1. The Bertz CT molecular complexity index is 1190. The molecular weight excluding hydrogens is 488 g/mol. The molecule has 0 amide bonds. The second-order valence-electron chi connectivity index (χ2n) is 10.2.